The van der Waals surface area contributed by atoms with Crippen LogP contribution in [0.5, 0.6) is 5.75 Å². The van der Waals surface area contributed by atoms with Crippen molar-refractivity contribution >= 4 is 17.5 Å². The maximum absolute atomic E-state index is 12.4. The van der Waals surface area contributed by atoms with E-state index in [1.807, 2.05) is 24.3 Å². The van der Waals surface area contributed by atoms with Gasteiger partial charge in [-0.25, -0.2) is 0 Å². The number of nitrogens with one attached hydrogen (secondary N) is 1. The molecule has 0 spiro atoms. The summed E-state index contributed by atoms with van der Waals surface area (Å²) in [5, 5.41) is 3.11. The lowest BCUT2D eigenvalue weighted by molar-refractivity contribution is -0.124. The van der Waals surface area contributed by atoms with Crippen LogP contribution in [0.2, 0.25) is 0 Å². The van der Waals surface area contributed by atoms with Crippen molar-refractivity contribution in [2.75, 3.05) is 18.1 Å². The monoisotopic (exact) mass is 316 g/mol. The number of anilines is 1. The number of amides is 2. The highest BCUT2D eigenvalue weighted by Crippen LogP contribution is 2.31. The van der Waals surface area contributed by atoms with Gasteiger partial charge in [0.15, 0.2) is 0 Å². The van der Waals surface area contributed by atoms with E-state index in [4.69, 9.17) is 4.74 Å². The van der Waals surface area contributed by atoms with E-state index in [1.165, 1.54) is 6.42 Å². The predicted molar refractivity (Wildman–Crippen MR) is 88.5 cm³/mol. The van der Waals surface area contributed by atoms with Gasteiger partial charge in [0, 0.05) is 6.04 Å². The Morgan fingerprint density at radius 1 is 1.30 bits per heavy atom. The molecule has 2 aliphatic rings. The highest BCUT2D eigenvalue weighted by molar-refractivity contribution is 6.00. The van der Waals surface area contributed by atoms with Crippen LogP contribution in [0.1, 0.15) is 39.0 Å². The van der Waals surface area contributed by atoms with Gasteiger partial charge in [0.25, 0.3) is 0 Å². The Morgan fingerprint density at radius 3 is 2.91 bits per heavy atom. The second kappa shape index (κ2) is 7.02. The Bertz CT molecular complexity index is 587. The van der Waals surface area contributed by atoms with Gasteiger partial charge in [-0.15, -0.1) is 0 Å². The highest BCUT2D eigenvalue weighted by atomic mass is 16.5. The van der Waals surface area contributed by atoms with E-state index in [1.54, 1.807) is 4.90 Å². The van der Waals surface area contributed by atoms with E-state index < -0.39 is 0 Å². The molecule has 1 aromatic carbocycles. The molecule has 0 saturated heterocycles. The average Bonchev–Trinajstić information content (AvgIpc) is 2.70. The summed E-state index contributed by atoms with van der Waals surface area (Å²) in [5.74, 6) is 1.01. The third-order valence-corrected chi connectivity index (χ3v) is 4.79. The average molecular weight is 316 g/mol. The fraction of sp³-hybridized carbons (Fsp3) is 0.556. The molecule has 124 valence electrons. The lowest BCUT2D eigenvalue weighted by Crippen LogP contribution is -2.47. The van der Waals surface area contributed by atoms with E-state index in [0.717, 1.165) is 19.3 Å². The number of para-hydroxylation sites is 2. The van der Waals surface area contributed by atoms with Crippen molar-refractivity contribution < 1.29 is 14.3 Å². The van der Waals surface area contributed by atoms with Crippen LogP contribution in [0.4, 0.5) is 5.69 Å². The number of rotatable bonds is 3. The standard InChI is InChI=1S/C18H24N2O3/c1-13-6-2-3-7-14(13)19-17(21)12-20-15-8-4-5-9-16(15)23-11-10-18(20)22/h4-5,8-9,13-14H,2-3,6-7,10-12H2,1H3,(H,19,21)/t13-,14+/m0/s1. The van der Waals surface area contributed by atoms with Gasteiger partial charge in [-0.2, -0.15) is 0 Å². The predicted octanol–water partition coefficient (Wildman–Crippen LogP) is 2.50. The number of carbonyl (C=O) groups excluding carboxylic acids is 2. The lowest BCUT2D eigenvalue weighted by Gasteiger charge is -2.30. The summed E-state index contributed by atoms with van der Waals surface area (Å²) in [4.78, 5) is 26.3. The number of ether oxygens (including phenoxy) is 1. The minimum atomic E-state index is -0.0891. The molecule has 23 heavy (non-hydrogen) atoms. The molecule has 1 N–H and O–H groups in total. The smallest absolute Gasteiger partial charge is 0.240 e. The first kappa shape index (κ1) is 15.8. The summed E-state index contributed by atoms with van der Waals surface area (Å²) in [7, 11) is 0. The molecule has 1 aliphatic heterocycles. The van der Waals surface area contributed by atoms with Crippen molar-refractivity contribution in [2.45, 2.75) is 45.1 Å². The summed E-state index contributed by atoms with van der Waals surface area (Å²) in [6, 6.07) is 7.62. The molecule has 0 aromatic heterocycles. The van der Waals surface area contributed by atoms with Crippen LogP contribution in [-0.4, -0.2) is 31.0 Å². The quantitative estimate of drug-likeness (QED) is 0.932. The molecule has 2 amide bonds. The van der Waals surface area contributed by atoms with Crippen molar-refractivity contribution in [3.8, 4) is 5.75 Å². The molecule has 1 fully saturated rings. The Balaban J connectivity index is 1.70. The summed E-state index contributed by atoms with van der Waals surface area (Å²) in [6.45, 7) is 2.60. The Labute approximate surface area is 137 Å². The number of carbonyl (C=O) groups is 2. The zero-order valence-corrected chi connectivity index (χ0v) is 13.6. The fourth-order valence-electron chi connectivity index (χ4n) is 3.42. The van der Waals surface area contributed by atoms with Crippen molar-refractivity contribution in [3.63, 3.8) is 0 Å². The minimum absolute atomic E-state index is 0.0580. The molecule has 1 aromatic rings. The molecular weight excluding hydrogens is 292 g/mol. The van der Waals surface area contributed by atoms with E-state index >= 15 is 0 Å². The third kappa shape index (κ3) is 3.66. The van der Waals surface area contributed by atoms with Crippen LogP contribution < -0.4 is 15.0 Å². The molecule has 3 rings (SSSR count). The Morgan fingerprint density at radius 2 is 2.09 bits per heavy atom. The van der Waals surface area contributed by atoms with Crippen LogP contribution >= 0.6 is 0 Å². The van der Waals surface area contributed by atoms with Gasteiger partial charge < -0.3 is 10.1 Å². The molecule has 1 aliphatic carbocycles. The largest absolute Gasteiger partial charge is 0.491 e. The Kier molecular flexibility index (Phi) is 4.84. The Hall–Kier alpha value is -2.04. The number of hydrogen-bond donors (Lipinski definition) is 1. The van der Waals surface area contributed by atoms with Gasteiger partial charge in [0.1, 0.15) is 12.3 Å². The summed E-state index contributed by atoms with van der Waals surface area (Å²) in [5.41, 5.74) is 0.682. The highest BCUT2D eigenvalue weighted by Gasteiger charge is 2.27. The van der Waals surface area contributed by atoms with Gasteiger partial charge in [-0.05, 0) is 30.9 Å². The van der Waals surface area contributed by atoms with Gasteiger partial charge in [0.2, 0.25) is 11.8 Å². The third-order valence-electron chi connectivity index (χ3n) is 4.79. The number of nitrogens with zero attached hydrogens (tertiary/aromatic N) is 1. The van der Waals surface area contributed by atoms with E-state index in [0.29, 0.717) is 30.4 Å². The molecule has 0 unspecified atom stereocenters. The van der Waals surface area contributed by atoms with E-state index in [9.17, 15) is 9.59 Å². The molecule has 0 radical (unpaired) electrons. The molecule has 2 atom stereocenters. The molecule has 1 saturated carbocycles. The zero-order chi connectivity index (χ0) is 16.2. The first-order chi connectivity index (χ1) is 11.1. The normalized spacial score (nSPS) is 24.4. The molecule has 5 nitrogen and oxygen atoms in total. The maximum atomic E-state index is 12.4. The molecule has 5 heteroatoms. The number of hydrogen-bond acceptors (Lipinski definition) is 3. The first-order valence-corrected chi connectivity index (χ1v) is 8.46. The number of fused-ring (bicyclic) bond motifs is 1. The van der Waals surface area contributed by atoms with Gasteiger partial charge in [-0.1, -0.05) is 31.9 Å². The van der Waals surface area contributed by atoms with Crippen LogP contribution in [0.25, 0.3) is 0 Å². The molecule has 0 bridgehead atoms. The van der Waals surface area contributed by atoms with Gasteiger partial charge in [-0.3, -0.25) is 14.5 Å². The van der Waals surface area contributed by atoms with Gasteiger partial charge in [0.05, 0.1) is 18.7 Å². The summed E-state index contributed by atoms with van der Waals surface area (Å²) in [6.07, 6.45) is 4.88. The van der Waals surface area contributed by atoms with Crippen LogP contribution in [-0.2, 0) is 9.59 Å². The van der Waals surface area contributed by atoms with Crippen molar-refractivity contribution in [1.82, 2.24) is 5.32 Å². The minimum Gasteiger partial charge on any atom is -0.491 e. The fourth-order valence-corrected chi connectivity index (χ4v) is 3.42. The molecular formula is C18H24N2O3. The first-order valence-electron chi connectivity index (χ1n) is 8.46. The SMILES string of the molecule is C[C@H]1CCCC[C@H]1NC(=O)CN1C(=O)CCOc2ccccc21. The maximum Gasteiger partial charge on any atom is 0.240 e. The summed E-state index contributed by atoms with van der Waals surface area (Å²) >= 11 is 0. The lowest BCUT2D eigenvalue weighted by atomic mass is 9.86. The van der Waals surface area contributed by atoms with E-state index in [-0.39, 0.29) is 24.4 Å². The van der Waals surface area contributed by atoms with Crippen molar-refractivity contribution in [2.24, 2.45) is 5.92 Å². The van der Waals surface area contributed by atoms with Crippen LogP contribution in [0.3, 0.4) is 0 Å². The van der Waals surface area contributed by atoms with Gasteiger partial charge >= 0.3 is 0 Å². The zero-order valence-electron chi connectivity index (χ0n) is 13.6. The van der Waals surface area contributed by atoms with Crippen molar-refractivity contribution in [3.05, 3.63) is 24.3 Å². The number of benzene rings is 1. The van der Waals surface area contributed by atoms with E-state index in [2.05, 4.69) is 12.2 Å². The second-order valence-corrected chi connectivity index (χ2v) is 6.48. The second-order valence-electron chi connectivity index (χ2n) is 6.48. The molecule has 1 heterocycles. The topological polar surface area (TPSA) is 58.6 Å². The van der Waals surface area contributed by atoms with Crippen molar-refractivity contribution in [1.29, 1.82) is 0 Å². The van der Waals surface area contributed by atoms with Crippen LogP contribution in [0.15, 0.2) is 24.3 Å². The van der Waals surface area contributed by atoms with Crippen LogP contribution in [0, 0.1) is 5.92 Å². The summed E-state index contributed by atoms with van der Waals surface area (Å²) < 4.78 is 5.60.